The molecule has 27 heavy (non-hydrogen) atoms. The normalized spacial score (nSPS) is 18.7. The number of likely N-dealkylation sites (tertiary alicyclic amines) is 1. The topological polar surface area (TPSA) is 55.2 Å². The number of fused-ring (bicyclic) bond motifs is 1. The molecule has 0 radical (unpaired) electrons. The van der Waals surface area contributed by atoms with Gasteiger partial charge in [0.05, 0.1) is 22.9 Å². The number of hydrogen-bond acceptors (Lipinski definition) is 5. The van der Waals surface area contributed by atoms with E-state index in [1.165, 1.54) is 11.8 Å². The second kappa shape index (κ2) is 8.10. The summed E-state index contributed by atoms with van der Waals surface area (Å²) in [5.74, 6) is 0.476. The number of nitrogens with zero attached hydrogens (tertiary/aromatic N) is 3. The van der Waals surface area contributed by atoms with Gasteiger partial charge in [-0.2, -0.15) is 0 Å². The largest absolute Gasteiger partial charge is 0.342 e. The lowest BCUT2D eigenvalue weighted by Gasteiger charge is -2.16. The van der Waals surface area contributed by atoms with E-state index in [4.69, 9.17) is 4.98 Å². The Bertz CT molecular complexity index is 892. The fourth-order valence-corrected chi connectivity index (χ4v) is 5.56. The van der Waals surface area contributed by atoms with Crippen molar-refractivity contribution in [2.24, 2.45) is 0 Å². The summed E-state index contributed by atoms with van der Waals surface area (Å²) in [6.07, 6.45) is 2.98. The van der Waals surface area contributed by atoms with Gasteiger partial charge in [-0.3, -0.25) is 14.2 Å². The highest BCUT2D eigenvalue weighted by Gasteiger charge is 2.27. The second-order valence-electron chi connectivity index (χ2n) is 7.06. The molecule has 1 amide bonds. The van der Waals surface area contributed by atoms with Gasteiger partial charge in [0.1, 0.15) is 0 Å². The number of carbonyl (C=O) groups is 1. The number of carbonyl (C=O) groups excluding carboxylic acids is 1. The highest BCUT2D eigenvalue weighted by atomic mass is 32.2. The van der Waals surface area contributed by atoms with E-state index >= 15 is 0 Å². The van der Waals surface area contributed by atoms with E-state index in [0.717, 1.165) is 48.5 Å². The van der Waals surface area contributed by atoms with Crippen LogP contribution in [0.25, 0.3) is 0 Å². The van der Waals surface area contributed by atoms with Crippen molar-refractivity contribution in [1.82, 2.24) is 14.5 Å². The van der Waals surface area contributed by atoms with Crippen LogP contribution in [0.1, 0.15) is 31.0 Å². The molecule has 0 aliphatic carbocycles. The van der Waals surface area contributed by atoms with Crippen LogP contribution in [0.5, 0.6) is 0 Å². The molecule has 2 aliphatic rings. The summed E-state index contributed by atoms with van der Waals surface area (Å²) >= 11 is 3.01. The average molecular weight is 402 g/mol. The molecule has 1 unspecified atom stereocenters. The third kappa shape index (κ3) is 4.09. The maximum Gasteiger partial charge on any atom is 0.268 e. The van der Waals surface area contributed by atoms with E-state index < -0.39 is 0 Å². The summed E-state index contributed by atoms with van der Waals surface area (Å²) in [5, 5.41) is 1.03. The van der Waals surface area contributed by atoms with Gasteiger partial charge in [0, 0.05) is 24.8 Å². The molecule has 1 aromatic heterocycles. The molecule has 2 aromatic rings. The standard InChI is InChI=1S/C20H23N3O2S2/c1-14-11-16-18(27-14)19(25)23(12-15-7-3-2-4-8-15)20(21-16)26-13-17(24)22-9-5-6-10-22/h2-4,7-8,14H,5-6,9-13H2,1H3. The molecule has 142 valence electrons. The van der Waals surface area contributed by atoms with Crippen molar-refractivity contribution in [3.8, 4) is 0 Å². The van der Waals surface area contributed by atoms with Crippen LogP contribution in [-0.4, -0.2) is 44.5 Å². The van der Waals surface area contributed by atoms with E-state index in [0.29, 0.717) is 22.7 Å². The number of thioether (sulfide) groups is 2. The van der Waals surface area contributed by atoms with Crippen molar-refractivity contribution in [2.75, 3.05) is 18.8 Å². The monoisotopic (exact) mass is 401 g/mol. The lowest BCUT2D eigenvalue weighted by atomic mass is 10.2. The zero-order valence-corrected chi connectivity index (χ0v) is 17.0. The van der Waals surface area contributed by atoms with Crippen LogP contribution in [0.4, 0.5) is 0 Å². The molecule has 0 bridgehead atoms. The van der Waals surface area contributed by atoms with Crippen molar-refractivity contribution < 1.29 is 4.79 Å². The summed E-state index contributed by atoms with van der Waals surface area (Å²) in [6, 6.07) is 9.94. The van der Waals surface area contributed by atoms with Gasteiger partial charge in [-0.25, -0.2) is 4.98 Å². The van der Waals surface area contributed by atoms with Crippen molar-refractivity contribution >= 4 is 29.4 Å². The molecule has 1 fully saturated rings. The Morgan fingerprint density at radius 3 is 2.74 bits per heavy atom. The maximum atomic E-state index is 13.1. The molecule has 1 aromatic carbocycles. The molecule has 5 nitrogen and oxygen atoms in total. The second-order valence-corrected chi connectivity index (χ2v) is 9.45. The van der Waals surface area contributed by atoms with Gasteiger partial charge in [-0.15, -0.1) is 11.8 Å². The SMILES string of the molecule is CC1Cc2nc(SCC(=O)N3CCCC3)n(Cc3ccccc3)c(=O)c2S1. The Morgan fingerprint density at radius 1 is 1.26 bits per heavy atom. The van der Waals surface area contributed by atoms with E-state index in [9.17, 15) is 9.59 Å². The molecular formula is C20H23N3O2S2. The van der Waals surface area contributed by atoms with Gasteiger partial charge in [0.25, 0.3) is 5.56 Å². The quantitative estimate of drug-likeness (QED) is 0.569. The fourth-order valence-electron chi connectivity index (χ4n) is 3.53. The number of rotatable bonds is 5. The van der Waals surface area contributed by atoms with Crippen LogP contribution >= 0.6 is 23.5 Å². The molecule has 7 heteroatoms. The number of aromatic nitrogens is 2. The van der Waals surface area contributed by atoms with Crippen LogP contribution < -0.4 is 5.56 Å². The molecule has 0 spiro atoms. The van der Waals surface area contributed by atoms with Crippen molar-refractivity contribution in [3.63, 3.8) is 0 Å². The van der Waals surface area contributed by atoms with E-state index in [1.807, 2.05) is 35.2 Å². The number of benzene rings is 1. The molecule has 4 rings (SSSR count). The third-order valence-electron chi connectivity index (χ3n) is 4.93. The highest BCUT2D eigenvalue weighted by molar-refractivity contribution is 8.00. The minimum Gasteiger partial charge on any atom is -0.342 e. The number of amides is 1. The van der Waals surface area contributed by atoms with E-state index in [2.05, 4.69) is 6.92 Å². The predicted molar refractivity (Wildman–Crippen MR) is 110 cm³/mol. The lowest BCUT2D eigenvalue weighted by molar-refractivity contribution is -0.127. The summed E-state index contributed by atoms with van der Waals surface area (Å²) in [7, 11) is 0. The fraction of sp³-hybridized carbons (Fsp3) is 0.450. The lowest BCUT2D eigenvalue weighted by Crippen LogP contribution is -2.30. The van der Waals surface area contributed by atoms with Crippen molar-refractivity contribution in [2.45, 2.75) is 48.0 Å². The van der Waals surface area contributed by atoms with Gasteiger partial charge in [0.15, 0.2) is 5.16 Å². The Morgan fingerprint density at radius 2 is 2.00 bits per heavy atom. The van der Waals surface area contributed by atoms with Crippen LogP contribution in [0.2, 0.25) is 0 Å². The van der Waals surface area contributed by atoms with Crippen LogP contribution in [-0.2, 0) is 17.8 Å². The molecule has 0 saturated carbocycles. The summed E-state index contributed by atoms with van der Waals surface area (Å²) in [4.78, 5) is 33.1. The molecule has 2 aliphatic heterocycles. The summed E-state index contributed by atoms with van der Waals surface area (Å²) in [6.45, 7) is 4.30. The molecule has 1 atom stereocenters. The van der Waals surface area contributed by atoms with Crippen LogP contribution in [0, 0.1) is 0 Å². The van der Waals surface area contributed by atoms with Crippen molar-refractivity contribution in [3.05, 3.63) is 51.9 Å². The average Bonchev–Trinajstić information content (AvgIpc) is 3.33. The van der Waals surface area contributed by atoms with Gasteiger partial charge < -0.3 is 4.90 Å². The highest BCUT2D eigenvalue weighted by Crippen LogP contribution is 2.34. The first-order chi connectivity index (χ1) is 13.1. The first kappa shape index (κ1) is 18.6. The first-order valence-corrected chi connectivity index (χ1v) is 11.2. The smallest absolute Gasteiger partial charge is 0.268 e. The predicted octanol–water partition coefficient (Wildman–Crippen LogP) is 3.04. The summed E-state index contributed by atoms with van der Waals surface area (Å²) < 4.78 is 1.74. The van der Waals surface area contributed by atoms with Gasteiger partial charge in [-0.1, -0.05) is 49.0 Å². The minimum atomic E-state index is 0.0225. The molecule has 0 N–H and O–H groups in total. The molecule has 3 heterocycles. The Labute approximate surface area is 167 Å². The zero-order valence-electron chi connectivity index (χ0n) is 15.4. The van der Waals surface area contributed by atoms with Crippen molar-refractivity contribution in [1.29, 1.82) is 0 Å². The first-order valence-electron chi connectivity index (χ1n) is 9.36. The van der Waals surface area contributed by atoms with Gasteiger partial charge in [0.2, 0.25) is 5.91 Å². The Hall–Kier alpha value is -1.73. The van der Waals surface area contributed by atoms with Gasteiger partial charge >= 0.3 is 0 Å². The van der Waals surface area contributed by atoms with Gasteiger partial charge in [-0.05, 0) is 18.4 Å². The number of hydrogen-bond donors (Lipinski definition) is 0. The Kier molecular flexibility index (Phi) is 5.59. The molecular weight excluding hydrogens is 378 g/mol. The van der Waals surface area contributed by atoms with Crippen LogP contribution in [0.15, 0.2) is 45.2 Å². The van der Waals surface area contributed by atoms with E-state index in [-0.39, 0.29) is 11.5 Å². The minimum absolute atomic E-state index is 0.0225. The molecule has 1 saturated heterocycles. The third-order valence-corrected chi connectivity index (χ3v) is 7.11. The van der Waals surface area contributed by atoms with E-state index in [1.54, 1.807) is 16.3 Å². The zero-order chi connectivity index (χ0) is 18.8. The maximum absolute atomic E-state index is 13.1. The Balaban J connectivity index is 1.62. The summed E-state index contributed by atoms with van der Waals surface area (Å²) in [5.41, 5.74) is 1.97. The van der Waals surface area contributed by atoms with Crippen LogP contribution in [0.3, 0.4) is 0 Å².